The van der Waals surface area contributed by atoms with Gasteiger partial charge in [-0.05, 0) is 36.4 Å². The Kier molecular flexibility index (Phi) is 5.14. The topological polar surface area (TPSA) is 62.7 Å². The molecule has 0 unspecified atom stereocenters. The number of hydrogen-bond acceptors (Lipinski definition) is 5. The van der Waals surface area contributed by atoms with E-state index < -0.39 is 11.7 Å². The summed E-state index contributed by atoms with van der Waals surface area (Å²) in [5.41, 5.74) is 0.457. The lowest BCUT2D eigenvalue weighted by Gasteiger charge is -2.33. The Morgan fingerprint density at radius 3 is 2.38 bits per heavy atom. The molecule has 1 saturated heterocycles. The summed E-state index contributed by atoms with van der Waals surface area (Å²) in [5, 5.41) is 0. The standard InChI is InChI=1S/C20H18F3N3O3/c21-20(22,23)15-5-3-14(4-6-15)18-24-16(13-29-18)12-25-7-9-26(10-8-25)19(27)17-2-1-11-28-17/h1-6,11,13H,7-10,12H2. The lowest BCUT2D eigenvalue weighted by Crippen LogP contribution is -2.48. The molecule has 152 valence electrons. The van der Waals surface area contributed by atoms with Gasteiger partial charge in [0.15, 0.2) is 5.76 Å². The number of carbonyl (C=O) groups excluding carboxylic acids is 1. The van der Waals surface area contributed by atoms with Gasteiger partial charge in [0.1, 0.15) is 6.26 Å². The second-order valence-electron chi connectivity index (χ2n) is 6.76. The summed E-state index contributed by atoms with van der Waals surface area (Å²) in [6.07, 6.45) is -1.39. The van der Waals surface area contributed by atoms with Crippen molar-refractivity contribution in [1.29, 1.82) is 0 Å². The highest BCUT2D eigenvalue weighted by Gasteiger charge is 2.30. The van der Waals surface area contributed by atoms with Crippen molar-refractivity contribution in [2.75, 3.05) is 26.2 Å². The number of rotatable bonds is 4. The summed E-state index contributed by atoms with van der Waals surface area (Å²) >= 11 is 0. The van der Waals surface area contributed by atoms with Crippen LogP contribution in [0.3, 0.4) is 0 Å². The van der Waals surface area contributed by atoms with Crippen LogP contribution in [0, 0.1) is 0 Å². The average Bonchev–Trinajstić information content (AvgIpc) is 3.40. The maximum absolute atomic E-state index is 12.7. The molecule has 4 rings (SSSR count). The molecule has 0 atom stereocenters. The molecule has 0 spiro atoms. The summed E-state index contributed by atoms with van der Waals surface area (Å²) in [6, 6.07) is 8.03. The van der Waals surface area contributed by atoms with E-state index in [4.69, 9.17) is 8.83 Å². The lowest BCUT2D eigenvalue weighted by atomic mass is 10.1. The van der Waals surface area contributed by atoms with Crippen molar-refractivity contribution in [3.8, 4) is 11.5 Å². The number of piperazine rings is 1. The van der Waals surface area contributed by atoms with Gasteiger partial charge in [0.2, 0.25) is 5.89 Å². The van der Waals surface area contributed by atoms with Crippen molar-refractivity contribution in [3.63, 3.8) is 0 Å². The van der Waals surface area contributed by atoms with Gasteiger partial charge in [-0.3, -0.25) is 9.69 Å². The molecule has 0 aliphatic carbocycles. The minimum absolute atomic E-state index is 0.124. The maximum Gasteiger partial charge on any atom is 0.416 e. The summed E-state index contributed by atoms with van der Waals surface area (Å²) in [5.74, 6) is 0.483. The van der Waals surface area contributed by atoms with Gasteiger partial charge in [0, 0.05) is 38.3 Å². The Bertz CT molecular complexity index is 957. The van der Waals surface area contributed by atoms with Crippen molar-refractivity contribution < 1.29 is 26.8 Å². The Balaban J connectivity index is 1.34. The minimum Gasteiger partial charge on any atom is -0.459 e. The second-order valence-corrected chi connectivity index (χ2v) is 6.76. The third-order valence-corrected chi connectivity index (χ3v) is 4.79. The number of amides is 1. The molecule has 0 saturated carbocycles. The largest absolute Gasteiger partial charge is 0.459 e. The van der Waals surface area contributed by atoms with Crippen LogP contribution in [0.15, 0.2) is 57.8 Å². The van der Waals surface area contributed by atoms with E-state index in [1.165, 1.54) is 24.7 Å². The highest BCUT2D eigenvalue weighted by Crippen LogP contribution is 2.30. The summed E-state index contributed by atoms with van der Waals surface area (Å²) < 4.78 is 48.6. The van der Waals surface area contributed by atoms with E-state index in [1.807, 2.05) is 0 Å². The molecule has 3 heterocycles. The van der Waals surface area contributed by atoms with Crippen molar-refractivity contribution in [2.24, 2.45) is 0 Å². The number of alkyl halides is 3. The maximum atomic E-state index is 12.7. The van der Waals surface area contributed by atoms with E-state index in [1.54, 1.807) is 17.0 Å². The van der Waals surface area contributed by atoms with Crippen LogP contribution in [0.25, 0.3) is 11.5 Å². The first kappa shape index (κ1) is 19.3. The first-order valence-electron chi connectivity index (χ1n) is 9.07. The number of benzene rings is 1. The first-order valence-corrected chi connectivity index (χ1v) is 9.07. The van der Waals surface area contributed by atoms with Crippen LogP contribution in [0.4, 0.5) is 13.2 Å². The highest BCUT2D eigenvalue weighted by molar-refractivity contribution is 5.91. The monoisotopic (exact) mass is 405 g/mol. The first-order chi connectivity index (χ1) is 13.9. The third kappa shape index (κ3) is 4.34. The van der Waals surface area contributed by atoms with Crippen LogP contribution in [-0.2, 0) is 12.7 Å². The molecule has 6 nitrogen and oxygen atoms in total. The van der Waals surface area contributed by atoms with Gasteiger partial charge in [-0.25, -0.2) is 4.98 Å². The van der Waals surface area contributed by atoms with E-state index >= 15 is 0 Å². The molecule has 3 aromatic rings. The Morgan fingerprint density at radius 1 is 1.03 bits per heavy atom. The zero-order valence-electron chi connectivity index (χ0n) is 15.4. The average molecular weight is 405 g/mol. The molecule has 1 aliphatic rings. The van der Waals surface area contributed by atoms with Crippen molar-refractivity contribution in [2.45, 2.75) is 12.7 Å². The SMILES string of the molecule is O=C(c1ccco1)N1CCN(Cc2coc(-c3ccc(C(F)(F)F)cc3)n2)CC1. The second kappa shape index (κ2) is 7.75. The molecule has 1 fully saturated rings. The van der Waals surface area contributed by atoms with Gasteiger partial charge in [-0.2, -0.15) is 13.2 Å². The Hall–Kier alpha value is -3.07. The van der Waals surface area contributed by atoms with E-state index in [-0.39, 0.29) is 11.8 Å². The van der Waals surface area contributed by atoms with Crippen molar-refractivity contribution >= 4 is 5.91 Å². The highest BCUT2D eigenvalue weighted by atomic mass is 19.4. The van der Waals surface area contributed by atoms with Gasteiger partial charge in [0.05, 0.1) is 17.5 Å². The molecule has 0 radical (unpaired) electrons. The van der Waals surface area contributed by atoms with E-state index in [0.717, 1.165) is 12.1 Å². The molecule has 9 heteroatoms. The van der Waals surface area contributed by atoms with Crippen LogP contribution in [0.5, 0.6) is 0 Å². The summed E-state index contributed by atoms with van der Waals surface area (Å²) in [6.45, 7) is 3.03. The number of nitrogens with zero attached hydrogens (tertiary/aromatic N) is 3. The van der Waals surface area contributed by atoms with Gasteiger partial charge in [-0.1, -0.05) is 0 Å². The normalized spacial score (nSPS) is 15.6. The minimum atomic E-state index is -4.37. The Morgan fingerprint density at radius 2 is 1.76 bits per heavy atom. The summed E-state index contributed by atoms with van der Waals surface area (Å²) in [4.78, 5) is 20.5. The molecule has 29 heavy (non-hydrogen) atoms. The van der Waals surface area contributed by atoms with Crippen molar-refractivity contribution in [1.82, 2.24) is 14.8 Å². The van der Waals surface area contributed by atoms with E-state index in [0.29, 0.717) is 49.7 Å². The Labute approximate surface area is 164 Å². The molecule has 0 bridgehead atoms. The third-order valence-electron chi connectivity index (χ3n) is 4.79. The fourth-order valence-electron chi connectivity index (χ4n) is 3.21. The number of aromatic nitrogens is 1. The molecule has 1 aliphatic heterocycles. The smallest absolute Gasteiger partial charge is 0.416 e. The van der Waals surface area contributed by atoms with Gasteiger partial charge < -0.3 is 13.7 Å². The van der Waals surface area contributed by atoms with Crippen LogP contribution in [0.2, 0.25) is 0 Å². The van der Waals surface area contributed by atoms with Crippen LogP contribution in [-0.4, -0.2) is 46.9 Å². The quantitative estimate of drug-likeness (QED) is 0.659. The van der Waals surface area contributed by atoms with Crippen LogP contribution < -0.4 is 0 Å². The zero-order chi connectivity index (χ0) is 20.4. The number of halogens is 3. The van der Waals surface area contributed by atoms with Gasteiger partial charge in [0.25, 0.3) is 5.91 Å². The van der Waals surface area contributed by atoms with Crippen LogP contribution in [0.1, 0.15) is 21.8 Å². The van der Waals surface area contributed by atoms with Crippen LogP contribution >= 0.6 is 0 Å². The number of carbonyl (C=O) groups is 1. The van der Waals surface area contributed by atoms with Gasteiger partial charge >= 0.3 is 6.18 Å². The fourth-order valence-corrected chi connectivity index (χ4v) is 3.21. The van der Waals surface area contributed by atoms with Crippen molar-refractivity contribution in [3.05, 3.63) is 65.9 Å². The number of oxazole rings is 1. The predicted octanol–water partition coefficient (Wildman–Crippen LogP) is 3.91. The molecule has 0 N–H and O–H groups in total. The molecule has 1 amide bonds. The molecule has 2 aromatic heterocycles. The van der Waals surface area contributed by atoms with E-state index in [2.05, 4.69) is 9.88 Å². The molecule has 1 aromatic carbocycles. The fraction of sp³-hybridized carbons (Fsp3) is 0.300. The lowest BCUT2D eigenvalue weighted by molar-refractivity contribution is -0.137. The van der Waals surface area contributed by atoms with E-state index in [9.17, 15) is 18.0 Å². The number of furan rings is 1. The predicted molar refractivity (Wildman–Crippen MR) is 96.8 cm³/mol. The molecular weight excluding hydrogens is 387 g/mol. The van der Waals surface area contributed by atoms with Gasteiger partial charge in [-0.15, -0.1) is 0 Å². The molecular formula is C20H18F3N3O3. The number of hydrogen-bond donors (Lipinski definition) is 0. The summed E-state index contributed by atoms with van der Waals surface area (Å²) in [7, 11) is 0. The zero-order valence-corrected chi connectivity index (χ0v) is 15.4.